The highest BCUT2D eigenvalue weighted by Gasteiger charge is 2.23. The first-order valence-electron chi connectivity index (χ1n) is 4.74. The van der Waals surface area contributed by atoms with E-state index in [1.54, 1.807) is 0 Å². The summed E-state index contributed by atoms with van der Waals surface area (Å²) < 4.78 is 0. The predicted molar refractivity (Wildman–Crippen MR) is 46.0 cm³/mol. The molecule has 1 aliphatic carbocycles. The van der Waals surface area contributed by atoms with Crippen molar-refractivity contribution in [3.63, 3.8) is 0 Å². The molecular formula is C10H20. The van der Waals surface area contributed by atoms with Crippen LogP contribution in [0.3, 0.4) is 0 Å². The molecular weight excluding hydrogens is 120 g/mol. The average Bonchev–Trinajstić information content (AvgIpc) is 1.88. The molecule has 10 heavy (non-hydrogen) atoms. The Morgan fingerprint density at radius 2 is 1.90 bits per heavy atom. The predicted octanol–water partition coefficient (Wildman–Crippen LogP) is 3.47. The summed E-state index contributed by atoms with van der Waals surface area (Å²) >= 11 is 0. The molecule has 0 aliphatic heterocycles. The highest BCUT2D eigenvalue weighted by molar-refractivity contribution is 4.74. The van der Waals surface area contributed by atoms with E-state index >= 15 is 0 Å². The molecule has 0 aromatic heterocycles. The second-order valence-corrected chi connectivity index (χ2v) is 4.06. The fourth-order valence-electron chi connectivity index (χ4n) is 2.33. The lowest BCUT2D eigenvalue weighted by Gasteiger charge is -2.31. The zero-order valence-corrected chi connectivity index (χ0v) is 7.56. The van der Waals surface area contributed by atoms with Gasteiger partial charge in [-0.1, -0.05) is 33.6 Å². The maximum absolute atomic E-state index is 2.42. The van der Waals surface area contributed by atoms with Crippen LogP contribution in [0.4, 0.5) is 0 Å². The number of hydrogen-bond acceptors (Lipinski definition) is 0. The molecule has 0 aromatic carbocycles. The molecule has 0 amide bonds. The number of hydrogen-bond donors (Lipinski definition) is 0. The van der Waals surface area contributed by atoms with E-state index in [0.29, 0.717) is 0 Å². The van der Waals surface area contributed by atoms with Crippen LogP contribution in [0.25, 0.3) is 0 Å². The normalized spacial score (nSPS) is 41.7. The van der Waals surface area contributed by atoms with Crippen LogP contribution < -0.4 is 0 Å². The lowest BCUT2D eigenvalue weighted by Crippen LogP contribution is -2.20. The van der Waals surface area contributed by atoms with Gasteiger partial charge in [-0.3, -0.25) is 0 Å². The molecule has 1 aliphatic rings. The van der Waals surface area contributed by atoms with E-state index in [4.69, 9.17) is 0 Å². The smallest absolute Gasteiger partial charge is 0.0391 e. The minimum Gasteiger partial charge on any atom is -0.0651 e. The van der Waals surface area contributed by atoms with Crippen molar-refractivity contribution in [3.05, 3.63) is 0 Å². The SMILES string of the molecule is CC[C@@H]1CC[C@@H](C)C[C@H]1C. The first-order valence-corrected chi connectivity index (χ1v) is 4.74. The lowest BCUT2D eigenvalue weighted by molar-refractivity contribution is 0.200. The van der Waals surface area contributed by atoms with Crippen molar-refractivity contribution in [1.82, 2.24) is 0 Å². The summed E-state index contributed by atoms with van der Waals surface area (Å²) in [6.45, 7) is 7.14. The maximum Gasteiger partial charge on any atom is -0.0391 e. The van der Waals surface area contributed by atoms with E-state index in [1.165, 1.54) is 25.7 Å². The first-order chi connectivity index (χ1) is 4.74. The van der Waals surface area contributed by atoms with E-state index in [2.05, 4.69) is 20.8 Å². The van der Waals surface area contributed by atoms with Crippen LogP contribution in [0.5, 0.6) is 0 Å². The number of rotatable bonds is 1. The first kappa shape index (κ1) is 8.10. The van der Waals surface area contributed by atoms with Crippen LogP contribution >= 0.6 is 0 Å². The van der Waals surface area contributed by atoms with E-state index in [9.17, 15) is 0 Å². The third-order valence-corrected chi connectivity index (χ3v) is 3.13. The maximum atomic E-state index is 2.42. The molecule has 1 fully saturated rings. The van der Waals surface area contributed by atoms with E-state index < -0.39 is 0 Å². The van der Waals surface area contributed by atoms with E-state index in [-0.39, 0.29) is 0 Å². The molecule has 0 unspecified atom stereocenters. The quantitative estimate of drug-likeness (QED) is 0.523. The molecule has 0 N–H and O–H groups in total. The summed E-state index contributed by atoms with van der Waals surface area (Å²) in [6.07, 6.45) is 5.83. The van der Waals surface area contributed by atoms with Crippen LogP contribution in [0.1, 0.15) is 46.5 Å². The standard InChI is InChI=1S/C10H20/c1-4-10-6-5-8(2)7-9(10)3/h8-10H,4-7H2,1-3H3/t8-,9-,10-/m1/s1. The summed E-state index contributed by atoms with van der Waals surface area (Å²) in [4.78, 5) is 0. The van der Waals surface area contributed by atoms with Gasteiger partial charge in [0.2, 0.25) is 0 Å². The van der Waals surface area contributed by atoms with Crippen LogP contribution in [0.15, 0.2) is 0 Å². The summed E-state index contributed by atoms with van der Waals surface area (Å²) in [5.74, 6) is 3.03. The Bertz CT molecular complexity index is 96.2. The zero-order valence-electron chi connectivity index (χ0n) is 7.56. The Kier molecular flexibility index (Phi) is 2.76. The Labute approximate surface area is 65.0 Å². The molecule has 3 atom stereocenters. The third-order valence-electron chi connectivity index (χ3n) is 3.13. The van der Waals surface area contributed by atoms with Gasteiger partial charge in [-0.25, -0.2) is 0 Å². The van der Waals surface area contributed by atoms with E-state index in [0.717, 1.165) is 17.8 Å². The topological polar surface area (TPSA) is 0 Å². The molecule has 0 aromatic rings. The molecule has 0 spiro atoms. The molecule has 0 nitrogen and oxygen atoms in total. The molecule has 0 radical (unpaired) electrons. The molecule has 0 saturated heterocycles. The molecule has 1 saturated carbocycles. The summed E-state index contributed by atoms with van der Waals surface area (Å²) in [6, 6.07) is 0. The van der Waals surface area contributed by atoms with Crippen molar-refractivity contribution >= 4 is 0 Å². The van der Waals surface area contributed by atoms with Gasteiger partial charge in [-0.15, -0.1) is 0 Å². The van der Waals surface area contributed by atoms with Gasteiger partial charge in [0.15, 0.2) is 0 Å². The van der Waals surface area contributed by atoms with Crippen molar-refractivity contribution in [2.24, 2.45) is 17.8 Å². The van der Waals surface area contributed by atoms with Gasteiger partial charge < -0.3 is 0 Å². The molecule has 1 rings (SSSR count). The highest BCUT2D eigenvalue weighted by Crippen LogP contribution is 2.34. The Morgan fingerprint density at radius 1 is 1.20 bits per heavy atom. The van der Waals surface area contributed by atoms with Crippen molar-refractivity contribution in [3.8, 4) is 0 Å². The van der Waals surface area contributed by atoms with Crippen LogP contribution in [-0.4, -0.2) is 0 Å². The second kappa shape index (κ2) is 3.41. The molecule has 0 heterocycles. The van der Waals surface area contributed by atoms with Gasteiger partial charge in [0, 0.05) is 0 Å². The summed E-state index contributed by atoms with van der Waals surface area (Å²) in [7, 11) is 0. The fourth-order valence-corrected chi connectivity index (χ4v) is 2.33. The largest absolute Gasteiger partial charge is 0.0651 e. The van der Waals surface area contributed by atoms with Gasteiger partial charge in [-0.05, 0) is 30.6 Å². The Balaban J connectivity index is 2.36. The van der Waals surface area contributed by atoms with Crippen molar-refractivity contribution in [1.29, 1.82) is 0 Å². The lowest BCUT2D eigenvalue weighted by atomic mass is 9.75. The molecule has 0 bridgehead atoms. The van der Waals surface area contributed by atoms with Gasteiger partial charge >= 0.3 is 0 Å². The zero-order chi connectivity index (χ0) is 7.56. The summed E-state index contributed by atoms with van der Waals surface area (Å²) in [5.41, 5.74) is 0. The van der Waals surface area contributed by atoms with Crippen LogP contribution in [0.2, 0.25) is 0 Å². The molecule has 0 heteroatoms. The van der Waals surface area contributed by atoms with E-state index in [1.807, 2.05) is 0 Å². The minimum atomic E-state index is 0.994. The Morgan fingerprint density at radius 3 is 2.40 bits per heavy atom. The Hall–Kier alpha value is 0. The molecule has 60 valence electrons. The minimum absolute atomic E-state index is 0.994. The van der Waals surface area contributed by atoms with Crippen molar-refractivity contribution in [2.45, 2.75) is 46.5 Å². The van der Waals surface area contributed by atoms with Crippen molar-refractivity contribution < 1.29 is 0 Å². The van der Waals surface area contributed by atoms with Crippen LogP contribution in [-0.2, 0) is 0 Å². The van der Waals surface area contributed by atoms with Gasteiger partial charge in [0.05, 0.1) is 0 Å². The second-order valence-electron chi connectivity index (χ2n) is 4.06. The highest BCUT2D eigenvalue weighted by atomic mass is 14.3. The average molecular weight is 140 g/mol. The summed E-state index contributed by atoms with van der Waals surface area (Å²) in [5, 5.41) is 0. The van der Waals surface area contributed by atoms with Crippen molar-refractivity contribution in [2.75, 3.05) is 0 Å². The van der Waals surface area contributed by atoms with Crippen LogP contribution in [0, 0.1) is 17.8 Å². The fraction of sp³-hybridized carbons (Fsp3) is 1.00. The van der Waals surface area contributed by atoms with Gasteiger partial charge in [0.25, 0.3) is 0 Å². The monoisotopic (exact) mass is 140 g/mol. The third kappa shape index (κ3) is 1.74. The van der Waals surface area contributed by atoms with Gasteiger partial charge in [-0.2, -0.15) is 0 Å². The van der Waals surface area contributed by atoms with Gasteiger partial charge in [0.1, 0.15) is 0 Å².